The van der Waals surface area contributed by atoms with Crippen LogP contribution < -0.4 is 0 Å². The summed E-state index contributed by atoms with van der Waals surface area (Å²) in [5.74, 6) is 0.0919. The number of hydrogen-bond donors (Lipinski definition) is 0. The van der Waals surface area contributed by atoms with Crippen LogP contribution >= 0.6 is 11.6 Å². The van der Waals surface area contributed by atoms with E-state index in [0.717, 1.165) is 0 Å². The van der Waals surface area contributed by atoms with Crippen molar-refractivity contribution in [3.63, 3.8) is 0 Å². The van der Waals surface area contributed by atoms with Gasteiger partial charge in [0.15, 0.2) is 0 Å². The molecule has 0 spiro atoms. The SMILES string of the molecule is O=C=C1Cc2c(ccc(C3C(=O)CCCC3=O)c2Cl)S1(=O)=O. The molecule has 0 saturated heterocycles. The summed E-state index contributed by atoms with van der Waals surface area (Å²) in [5, 5.41) is 0.0833. The number of halogens is 1. The smallest absolute Gasteiger partial charge is 0.213 e. The number of benzene rings is 1. The third-order valence-electron chi connectivity index (χ3n) is 4.10. The average Bonchev–Trinajstić information content (AvgIpc) is 2.72. The highest BCUT2D eigenvalue weighted by Gasteiger charge is 2.39. The molecule has 1 aromatic carbocycles. The van der Waals surface area contributed by atoms with Gasteiger partial charge in [0.2, 0.25) is 9.84 Å². The van der Waals surface area contributed by atoms with Crippen LogP contribution in [0, 0.1) is 0 Å². The molecule has 22 heavy (non-hydrogen) atoms. The molecule has 7 heteroatoms. The van der Waals surface area contributed by atoms with Gasteiger partial charge in [0, 0.05) is 24.3 Å². The second kappa shape index (κ2) is 5.16. The molecule has 1 heterocycles. The molecule has 1 aliphatic carbocycles. The van der Waals surface area contributed by atoms with Gasteiger partial charge in [-0.05, 0) is 23.6 Å². The second-order valence-electron chi connectivity index (χ2n) is 5.37. The van der Waals surface area contributed by atoms with Crippen LogP contribution in [0.5, 0.6) is 0 Å². The summed E-state index contributed by atoms with van der Waals surface area (Å²) in [5.41, 5.74) is 0.598. The van der Waals surface area contributed by atoms with E-state index in [0.29, 0.717) is 24.8 Å². The van der Waals surface area contributed by atoms with E-state index in [1.165, 1.54) is 18.1 Å². The summed E-state index contributed by atoms with van der Waals surface area (Å²) in [6.07, 6.45) is 0.995. The van der Waals surface area contributed by atoms with E-state index >= 15 is 0 Å². The van der Waals surface area contributed by atoms with Crippen LogP contribution in [-0.4, -0.2) is 25.9 Å². The van der Waals surface area contributed by atoms with Gasteiger partial charge in [0.25, 0.3) is 0 Å². The van der Waals surface area contributed by atoms with Gasteiger partial charge in [-0.1, -0.05) is 17.7 Å². The molecule has 114 valence electrons. The maximum atomic E-state index is 12.1. The number of hydrogen-bond acceptors (Lipinski definition) is 5. The van der Waals surface area contributed by atoms with Crippen molar-refractivity contribution < 1.29 is 22.8 Å². The van der Waals surface area contributed by atoms with Crippen molar-refractivity contribution in [3.05, 3.63) is 33.2 Å². The summed E-state index contributed by atoms with van der Waals surface area (Å²) in [4.78, 5) is 34.5. The maximum Gasteiger partial charge on any atom is 0.213 e. The zero-order valence-electron chi connectivity index (χ0n) is 11.4. The first-order chi connectivity index (χ1) is 10.4. The van der Waals surface area contributed by atoms with Crippen molar-refractivity contribution in [2.24, 2.45) is 0 Å². The Kier molecular flexibility index (Phi) is 3.56. The Morgan fingerprint density at radius 2 is 1.77 bits per heavy atom. The van der Waals surface area contributed by atoms with Gasteiger partial charge in [-0.15, -0.1) is 0 Å². The summed E-state index contributed by atoms with van der Waals surface area (Å²) in [6, 6.07) is 2.71. The Labute approximate surface area is 131 Å². The largest absolute Gasteiger partial charge is 0.299 e. The van der Waals surface area contributed by atoms with Crippen LogP contribution in [0.1, 0.15) is 36.3 Å². The molecule has 0 unspecified atom stereocenters. The lowest BCUT2D eigenvalue weighted by Crippen LogP contribution is -2.27. The third kappa shape index (κ3) is 2.07. The normalized spacial score (nSPS) is 20.9. The minimum Gasteiger partial charge on any atom is -0.299 e. The first-order valence-electron chi connectivity index (χ1n) is 6.73. The van der Waals surface area contributed by atoms with Crippen molar-refractivity contribution in [1.29, 1.82) is 0 Å². The molecule has 0 aromatic heterocycles. The van der Waals surface area contributed by atoms with Crippen molar-refractivity contribution in [3.8, 4) is 0 Å². The number of carbonyl (C=O) groups is 2. The van der Waals surface area contributed by atoms with E-state index in [1.807, 2.05) is 0 Å². The lowest BCUT2D eigenvalue weighted by atomic mass is 9.81. The fraction of sp³-hybridized carbons (Fsp3) is 0.333. The topological polar surface area (TPSA) is 85.3 Å². The van der Waals surface area contributed by atoms with E-state index < -0.39 is 15.8 Å². The number of ketones is 2. The molecule has 1 saturated carbocycles. The molecule has 0 bridgehead atoms. The molecule has 0 amide bonds. The average molecular weight is 339 g/mol. The van der Waals surface area contributed by atoms with Crippen molar-refractivity contribution in [2.45, 2.75) is 36.5 Å². The minimum atomic E-state index is -3.85. The van der Waals surface area contributed by atoms with E-state index in [4.69, 9.17) is 11.6 Å². The molecule has 5 nitrogen and oxygen atoms in total. The van der Waals surface area contributed by atoms with Crippen LogP contribution in [0.15, 0.2) is 21.9 Å². The Morgan fingerprint density at radius 1 is 1.14 bits per heavy atom. The zero-order valence-corrected chi connectivity index (χ0v) is 13.0. The predicted molar refractivity (Wildman–Crippen MR) is 78.2 cm³/mol. The molecule has 3 rings (SSSR count). The number of Topliss-reactive ketones (excluding diaryl/α,β-unsaturated/α-hetero) is 2. The van der Waals surface area contributed by atoms with Gasteiger partial charge in [-0.25, -0.2) is 13.2 Å². The Morgan fingerprint density at radius 3 is 2.36 bits per heavy atom. The molecule has 0 radical (unpaired) electrons. The Balaban J connectivity index is 2.18. The quantitative estimate of drug-likeness (QED) is 0.575. The standard InChI is InChI=1S/C15H11ClO5S/c16-15-9(14-11(18)2-1-3-12(14)19)4-5-13-10(15)6-8(7-17)22(13,20)21/h4-5,14H,1-3,6H2. The summed E-state index contributed by atoms with van der Waals surface area (Å²) < 4.78 is 24.2. The molecule has 2 aliphatic rings. The van der Waals surface area contributed by atoms with Gasteiger partial charge >= 0.3 is 0 Å². The van der Waals surface area contributed by atoms with Gasteiger partial charge in [0.05, 0.1) is 4.90 Å². The molecule has 1 aliphatic heterocycles. The van der Waals surface area contributed by atoms with Crippen LogP contribution in [0.4, 0.5) is 0 Å². The van der Waals surface area contributed by atoms with Crippen LogP contribution in [-0.2, 0) is 30.6 Å². The summed E-state index contributed by atoms with van der Waals surface area (Å²) >= 11 is 6.26. The molecule has 0 atom stereocenters. The zero-order chi connectivity index (χ0) is 16.1. The van der Waals surface area contributed by atoms with E-state index in [1.54, 1.807) is 0 Å². The maximum absolute atomic E-state index is 12.1. The second-order valence-corrected chi connectivity index (χ2v) is 7.69. The third-order valence-corrected chi connectivity index (χ3v) is 6.38. The summed E-state index contributed by atoms with van der Waals surface area (Å²) in [6.45, 7) is 0. The number of carbonyl (C=O) groups excluding carboxylic acids is 3. The fourth-order valence-corrected chi connectivity index (χ4v) is 4.84. The lowest BCUT2D eigenvalue weighted by molar-refractivity contribution is -0.131. The Hall–Kier alpha value is -1.75. The highest BCUT2D eigenvalue weighted by atomic mass is 35.5. The van der Waals surface area contributed by atoms with Gasteiger partial charge in [0.1, 0.15) is 28.3 Å². The number of allylic oxidation sites excluding steroid dienone is 1. The van der Waals surface area contributed by atoms with E-state index in [2.05, 4.69) is 0 Å². The number of sulfone groups is 1. The van der Waals surface area contributed by atoms with Crippen LogP contribution in [0.3, 0.4) is 0 Å². The first kappa shape index (κ1) is 15.2. The van der Waals surface area contributed by atoms with Gasteiger partial charge in [-0.3, -0.25) is 9.59 Å². The van der Waals surface area contributed by atoms with E-state index in [9.17, 15) is 22.8 Å². The molecular weight excluding hydrogens is 328 g/mol. The molecular formula is C15H11ClO5S. The monoisotopic (exact) mass is 338 g/mol. The van der Waals surface area contributed by atoms with Crippen LogP contribution in [0.25, 0.3) is 0 Å². The highest BCUT2D eigenvalue weighted by Crippen LogP contribution is 2.42. The molecule has 1 aromatic rings. The number of fused-ring (bicyclic) bond motifs is 1. The van der Waals surface area contributed by atoms with Crippen molar-refractivity contribution >= 4 is 38.9 Å². The first-order valence-corrected chi connectivity index (χ1v) is 8.59. The Bertz CT molecular complexity index is 846. The van der Waals surface area contributed by atoms with Gasteiger partial charge < -0.3 is 0 Å². The van der Waals surface area contributed by atoms with E-state index in [-0.39, 0.29) is 38.4 Å². The highest BCUT2D eigenvalue weighted by molar-refractivity contribution is 7.96. The van der Waals surface area contributed by atoms with Crippen molar-refractivity contribution in [1.82, 2.24) is 0 Å². The predicted octanol–water partition coefficient (Wildman–Crippen LogP) is 1.79. The molecule has 0 N–H and O–H groups in total. The minimum absolute atomic E-state index is 0.0460. The fourth-order valence-electron chi connectivity index (χ4n) is 2.99. The van der Waals surface area contributed by atoms with Gasteiger partial charge in [-0.2, -0.15) is 0 Å². The summed E-state index contributed by atoms with van der Waals surface area (Å²) in [7, 11) is -3.85. The van der Waals surface area contributed by atoms with Crippen LogP contribution in [0.2, 0.25) is 5.02 Å². The van der Waals surface area contributed by atoms with Crippen molar-refractivity contribution in [2.75, 3.05) is 0 Å². The number of rotatable bonds is 1. The molecule has 1 fully saturated rings. The lowest BCUT2D eigenvalue weighted by Gasteiger charge is -2.21.